The Morgan fingerprint density at radius 3 is 3.00 bits per heavy atom. The summed E-state index contributed by atoms with van der Waals surface area (Å²) in [5.74, 6) is 0. The smallest absolute Gasteiger partial charge is 0.319 e. The Balaban J connectivity index is 2.50. The molecule has 0 bridgehead atoms. The van der Waals surface area contributed by atoms with E-state index in [2.05, 4.69) is 10.6 Å². The second kappa shape index (κ2) is 3.50. The number of amides is 2. The highest BCUT2D eigenvalue weighted by Crippen LogP contribution is 2.34. The lowest BCUT2D eigenvalue weighted by Gasteiger charge is -2.26. The summed E-state index contributed by atoms with van der Waals surface area (Å²) >= 11 is 5.99. The van der Waals surface area contributed by atoms with Gasteiger partial charge in [-0.15, -0.1) is 0 Å². The summed E-state index contributed by atoms with van der Waals surface area (Å²) in [6.45, 7) is 2.03. The molecule has 1 heterocycles. The van der Waals surface area contributed by atoms with Crippen LogP contribution in [0.1, 0.15) is 24.9 Å². The quantitative estimate of drug-likeness (QED) is 0.735. The summed E-state index contributed by atoms with van der Waals surface area (Å²) in [4.78, 5) is 11.3. The maximum absolute atomic E-state index is 11.3. The van der Waals surface area contributed by atoms with Crippen molar-refractivity contribution < 1.29 is 4.79 Å². The zero-order chi connectivity index (χ0) is 10.1. The molecule has 1 unspecified atom stereocenters. The van der Waals surface area contributed by atoms with Gasteiger partial charge < -0.3 is 10.6 Å². The first-order valence-corrected chi connectivity index (χ1v) is 4.96. The Hall–Kier alpha value is -1.22. The summed E-state index contributed by atoms with van der Waals surface area (Å²) in [7, 11) is 0. The number of carbonyl (C=O) groups excluding carboxylic acids is 1. The number of anilines is 1. The number of benzene rings is 1. The molecule has 1 atom stereocenters. The molecule has 2 N–H and O–H groups in total. The van der Waals surface area contributed by atoms with Gasteiger partial charge in [0, 0.05) is 0 Å². The summed E-state index contributed by atoms with van der Waals surface area (Å²) < 4.78 is 0. The molecule has 3 nitrogen and oxygen atoms in total. The first-order valence-electron chi connectivity index (χ1n) is 4.58. The van der Waals surface area contributed by atoms with Crippen LogP contribution in [0.15, 0.2) is 18.2 Å². The van der Waals surface area contributed by atoms with E-state index in [1.54, 1.807) is 6.07 Å². The minimum absolute atomic E-state index is 0.0671. The molecule has 1 aliphatic heterocycles. The largest absolute Gasteiger partial charge is 0.331 e. The van der Waals surface area contributed by atoms with Crippen molar-refractivity contribution in [1.29, 1.82) is 0 Å². The summed E-state index contributed by atoms with van der Waals surface area (Å²) in [6.07, 6.45) is 0.862. The van der Waals surface area contributed by atoms with Crippen LogP contribution >= 0.6 is 11.6 Å². The van der Waals surface area contributed by atoms with Gasteiger partial charge in [0.2, 0.25) is 0 Å². The van der Waals surface area contributed by atoms with Gasteiger partial charge in [-0.3, -0.25) is 0 Å². The highest BCUT2D eigenvalue weighted by atomic mass is 35.5. The summed E-state index contributed by atoms with van der Waals surface area (Å²) in [5, 5.41) is 6.14. The number of rotatable bonds is 1. The molecule has 74 valence electrons. The van der Waals surface area contributed by atoms with E-state index in [9.17, 15) is 4.79 Å². The molecule has 0 radical (unpaired) electrons. The summed E-state index contributed by atoms with van der Waals surface area (Å²) in [6, 6.07) is 5.53. The first-order chi connectivity index (χ1) is 6.72. The van der Waals surface area contributed by atoms with Gasteiger partial charge in [-0.05, 0) is 18.1 Å². The van der Waals surface area contributed by atoms with Gasteiger partial charge in [-0.2, -0.15) is 0 Å². The van der Waals surface area contributed by atoms with Crippen LogP contribution in [-0.2, 0) is 0 Å². The number of halogens is 1. The van der Waals surface area contributed by atoms with E-state index < -0.39 is 0 Å². The van der Waals surface area contributed by atoms with Crippen LogP contribution in [0.3, 0.4) is 0 Å². The standard InChI is InChI=1S/C10H11ClN2O/c1-2-8-6-4-3-5-7(11)9(6)13-10(14)12-8/h3-5,8H,2H2,1H3,(H2,12,13,14). The van der Waals surface area contributed by atoms with Crippen LogP contribution in [0.4, 0.5) is 10.5 Å². The molecule has 0 saturated heterocycles. The maximum Gasteiger partial charge on any atom is 0.319 e. The fraction of sp³-hybridized carbons (Fsp3) is 0.300. The molecule has 1 aromatic rings. The number of nitrogens with one attached hydrogen (secondary N) is 2. The number of carbonyl (C=O) groups is 1. The number of para-hydroxylation sites is 1. The molecule has 0 saturated carbocycles. The Bertz CT molecular complexity index is 378. The third-order valence-electron chi connectivity index (χ3n) is 2.37. The topological polar surface area (TPSA) is 41.1 Å². The van der Waals surface area contributed by atoms with Gasteiger partial charge in [0.1, 0.15) is 0 Å². The average Bonchev–Trinajstić information content (AvgIpc) is 2.18. The predicted molar refractivity (Wildman–Crippen MR) is 56.6 cm³/mol. The van der Waals surface area contributed by atoms with Crippen LogP contribution in [0.5, 0.6) is 0 Å². The Morgan fingerprint density at radius 1 is 1.50 bits per heavy atom. The molecule has 14 heavy (non-hydrogen) atoms. The highest BCUT2D eigenvalue weighted by molar-refractivity contribution is 6.34. The molecule has 1 aromatic carbocycles. The van der Waals surface area contributed by atoms with Crippen molar-refractivity contribution in [3.8, 4) is 0 Å². The van der Waals surface area contributed by atoms with E-state index in [-0.39, 0.29) is 12.1 Å². The van der Waals surface area contributed by atoms with E-state index in [1.165, 1.54) is 0 Å². The SMILES string of the molecule is CCC1NC(=O)Nc2c(Cl)cccc21. The third-order valence-corrected chi connectivity index (χ3v) is 2.69. The minimum Gasteiger partial charge on any atom is -0.331 e. The second-order valence-electron chi connectivity index (χ2n) is 3.26. The lowest BCUT2D eigenvalue weighted by Crippen LogP contribution is -2.37. The summed E-state index contributed by atoms with van der Waals surface area (Å²) in [5.41, 5.74) is 1.80. The molecule has 4 heteroatoms. The van der Waals surface area contributed by atoms with Crippen molar-refractivity contribution in [2.75, 3.05) is 5.32 Å². The number of fused-ring (bicyclic) bond motifs is 1. The Kier molecular flexibility index (Phi) is 2.33. The molecule has 0 aromatic heterocycles. The van der Waals surface area contributed by atoms with Gasteiger partial charge in [0.15, 0.2) is 0 Å². The van der Waals surface area contributed by atoms with Gasteiger partial charge in [-0.1, -0.05) is 30.7 Å². The monoisotopic (exact) mass is 210 g/mol. The Labute approximate surface area is 87.4 Å². The van der Waals surface area contributed by atoms with Crippen molar-refractivity contribution in [2.45, 2.75) is 19.4 Å². The Morgan fingerprint density at radius 2 is 2.29 bits per heavy atom. The van der Waals surface area contributed by atoms with Crippen molar-refractivity contribution in [3.63, 3.8) is 0 Å². The predicted octanol–water partition coefficient (Wildman–Crippen LogP) is 2.93. The lowest BCUT2D eigenvalue weighted by atomic mass is 10.0. The highest BCUT2D eigenvalue weighted by Gasteiger charge is 2.23. The molecular weight excluding hydrogens is 200 g/mol. The molecule has 1 aliphatic rings. The van der Waals surface area contributed by atoms with E-state index in [0.29, 0.717) is 5.02 Å². The van der Waals surface area contributed by atoms with E-state index >= 15 is 0 Å². The third kappa shape index (κ3) is 1.44. The van der Waals surface area contributed by atoms with Crippen molar-refractivity contribution >= 4 is 23.3 Å². The van der Waals surface area contributed by atoms with Crippen molar-refractivity contribution in [2.24, 2.45) is 0 Å². The van der Waals surface area contributed by atoms with E-state index in [1.807, 2.05) is 19.1 Å². The molecule has 0 fully saturated rings. The number of hydrogen-bond acceptors (Lipinski definition) is 1. The second-order valence-corrected chi connectivity index (χ2v) is 3.67. The molecule has 2 rings (SSSR count). The maximum atomic E-state index is 11.3. The van der Waals surface area contributed by atoms with Crippen LogP contribution < -0.4 is 10.6 Å². The molecule has 2 amide bonds. The lowest BCUT2D eigenvalue weighted by molar-refractivity contribution is 0.247. The number of hydrogen-bond donors (Lipinski definition) is 2. The van der Waals surface area contributed by atoms with Gasteiger partial charge >= 0.3 is 6.03 Å². The minimum atomic E-state index is -0.183. The number of urea groups is 1. The van der Waals surface area contributed by atoms with Gasteiger partial charge in [-0.25, -0.2) is 4.79 Å². The fourth-order valence-corrected chi connectivity index (χ4v) is 1.90. The van der Waals surface area contributed by atoms with Gasteiger partial charge in [0.05, 0.1) is 16.8 Å². The molecule has 0 aliphatic carbocycles. The van der Waals surface area contributed by atoms with Gasteiger partial charge in [0.25, 0.3) is 0 Å². The first kappa shape index (κ1) is 9.34. The van der Waals surface area contributed by atoms with E-state index in [4.69, 9.17) is 11.6 Å². The average molecular weight is 211 g/mol. The van der Waals surface area contributed by atoms with Crippen LogP contribution in [0, 0.1) is 0 Å². The zero-order valence-corrected chi connectivity index (χ0v) is 8.56. The van der Waals surface area contributed by atoms with Crippen LogP contribution in [-0.4, -0.2) is 6.03 Å². The van der Waals surface area contributed by atoms with Crippen molar-refractivity contribution in [3.05, 3.63) is 28.8 Å². The fourth-order valence-electron chi connectivity index (χ4n) is 1.67. The molecular formula is C10H11ClN2O. The normalized spacial score (nSPS) is 19.6. The van der Waals surface area contributed by atoms with Crippen molar-refractivity contribution in [1.82, 2.24) is 5.32 Å². The van der Waals surface area contributed by atoms with E-state index in [0.717, 1.165) is 17.7 Å². The van der Waals surface area contributed by atoms with Crippen LogP contribution in [0.2, 0.25) is 5.02 Å². The molecule has 0 spiro atoms. The zero-order valence-electron chi connectivity index (χ0n) is 7.80. The van der Waals surface area contributed by atoms with Crippen LogP contribution in [0.25, 0.3) is 0 Å².